The van der Waals surface area contributed by atoms with Gasteiger partial charge in [0.05, 0.1) is 13.2 Å². The Balaban J connectivity index is 2.11. The molecular weight excluding hydrogens is 280 g/mol. The van der Waals surface area contributed by atoms with Gasteiger partial charge in [0.15, 0.2) is 0 Å². The average Bonchev–Trinajstić information content (AvgIpc) is 2.81. The zero-order chi connectivity index (χ0) is 12.3. The van der Waals surface area contributed by atoms with Crippen LogP contribution in [0.15, 0.2) is 18.2 Å². The fourth-order valence-corrected chi connectivity index (χ4v) is 3.06. The van der Waals surface area contributed by atoms with Crippen molar-refractivity contribution in [3.63, 3.8) is 0 Å². The lowest BCUT2D eigenvalue weighted by Crippen LogP contribution is -2.08. The first kappa shape index (κ1) is 12.9. The van der Waals surface area contributed by atoms with Gasteiger partial charge in [-0.15, -0.1) is 0 Å². The molecule has 0 saturated carbocycles. The van der Waals surface area contributed by atoms with E-state index in [-0.39, 0.29) is 0 Å². The minimum atomic E-state index is 0.306. The number of methoxy groups -OCH3 is 1. The smallest absolute Gasteiger partial charge is 0.123 e. The number of ether oxygens (including phenoxy) is 2. The molecular formula is C14H19BrO2. The summed E-state index contributed by atoms with van der Waals surface area (Å²) < 4.78 is 11.1. The summed E-state index contributed by atoms with van der Waals surface area (Å²) in [5, 5.41) is 0. The zero-order valence-electron chi connectivity index (χ0n) is 10.4. The predicted molar refractivity (Wildman–Crippen MR) is 73.0 cm³/mol. The summed E-state index contributed by atoms with van der Waals surface area (Å²) in [6, 6.07) is 6.30. The molecule has 94 valence electrons. The molecule has 1 aromatic rings. The number of alkyl halides is 1. The Morgan fingerprint density at radius 3 is 3.00 bits per heavy atom. The number of hydrogen-bond donors (Lipinski definition) is 0. The Morgan fingerprint density at radius 2 is 2.35 bits per heavy atom. The van der Waals surface area contributed by atoms with Crippen molar-refractivity contribution < 1.29 is 9.47 Å². The lowest BCUT2D eigenvalue weighted by Gasteiger charge is -2.18. The van der Waals surface area contributed by atoms with Gasteiger partial charge < -0.3 is 9.47 Å². The van der Waals surface area contributed by atoms with Crippen molar-refractivity contribution in [2.24, 2.45) is 0 Å². The molecule has 2 atom stereocenters. The van der Waals surface area contributed by atoms with Crippen LogP contribution in [0.2, 0.25) is 0 Å². The fraction of sp³-hybridized carbons (Fsp3) is 0.571. The van der Waals surface area contributed by atoms with Gasteiger partial charge in [0.2, 0.25) is 0 Å². The molecule has 0 aromatic heterocycles. The van der Waals surface area contributed by atoms with Gasteiger partial charge in [-0.2, -0.15) is 0 Å². The minimum absolute atomic E-state index is 0.306. The van der Waals surface area contributed by atoms with Crippen molar-refractivity contribution in [1.82, 2.24) is 0 Å². The second-order valence-corrected chi connectivity index (χ2v) is 5.69. The summed E-state index contributed by atoms with van der Waals surface area (Å²) in [7, 11) is 1.72. The van der Waals surface area contributed by atoms with Gasteiger partial charge in [-0.3, -0.25) is 0 Å². The van der Waals surface area contributed by atoms with E-state index in [0.29, 0.717) is 10.9 Å². The molecule has 1 aliphatic heterocycles. The molecule has 2 nitrogen and oxygen atoms in total. The van der Waals surface area contributed by atoms with E-state index < -0.39 is 0 Å². The summed E-state index contributed by atoms with van der Waals surface area (Å²) >= 11 is 3.76. The van der Waals surface area contributed by atoms with E-state index in [1.165, 1.54) is 24.0 Å². The summed E-state index contributed by atoms with van der Waals surface area (Å²) in [5.74, 6) is 0.954. The van der Waals surface area contributed by atoms with Crippen molar-refractivity contribution in [3.8, 4) is 5.75 Å². The Labute approximate surface area is 111 Å². The van der Waals surface area contributed by atoms with E-state index in [1.807, 2.05) is 6.07 Å². The highest BCUT2D eigenvalue weighted by Crippen LogP contribution is 2.37. The third-order valence-corrected chi connectivity index (χ3v) is 4.08. The van der Waals surface area contributed by atoms with Crippen LogP contribution in [-0.4, -0.2) is 19.8 Å². The maximum Gasteiger partial charge on any atom is 0.123 e. The van der Waals surface area contributed by atoms with Crippen molar-refractivity contribution in [2.45, 2.75) is 37.1 Å². The van der Waals surface area contributed by atoms with Crippen LogP contribution in [0.25, 0.3) is 0 Å². The number of benzene rings is 1. The molecule has 2 unspecified atom stereocenters. The van der Waals surface area contributed by atoms with Crippen LogP contribution in [0.4, 0.5) is 0 Å². The molecule has 0 spiro atoms. The van der Waals surface area contributed by atoms with Crippen molar-refractivity contribution in [1.29, 1.82) is 0 Å². The van der Waals surface area contributed by atoms with Crippen LogP contribution in [0.3, 0.4) is 0 Å². The summed E-state index contributed by atoms with van der Waals surface area (Å²) in [6.07, 6.45) is 3.77. The maximum absolute atomic E-state index is 5.68. The summed E-state index contributed by atoms with van der Waals surface area (Å²) in [4.78, 5) is 0.306. The Bertz CT molecular complexity index is 372. The van der Waals surface area contributed by atoms with Crippen LogP contribution >= 0.6 is 15.9 Å². The standard InChI is InChI=1S/C14H19BrO2/c1-10-5-6-14(16-2)12(8-10)13(15)9-11-4-3-7-17-11/h5-6,8,11,13H,3-4,7,9H2,1-2H3. The van der Waals surface area contributed by atoms with Crippen molar-refractivity contribution in [2.75, 3.05) is 13.7 Å². The molecule has 1 saturated heterocycles. The van der Waals surface area contributed by atoms with Crippen LogP contribution in [-0.2, 0) is 4.74 Å². The topological polar surface area (TPSA) is 18.5 Å². The van der Waals surface area contributed by atoms with E-state index in [9.17, 15) is 0 Å². The van der Waals surface area contributed by atoms with E-state index in [1.54, 1.807) is 7.11 Å². The molecule has 0 amide bonds. The highest BCUT2D eigenvalue weighted by molar-refractivity contribution is 9.09. The SMILES string of the molecule is COc1ccc(C)cc1C(Br)CC1CCCO1. The molecule has 1 aliphatic rings. The minimum Gasteiger partial charge on any atom is -0.496 e. The molecule has 2 rings (SSSR count). The van der Waals surface area contributed by atoms with Crippen LogP contribution < -0.4 is 4.74 Å². The van der Waals surface area contributed by atoms with E-state index in [4.69, 9.17) is 9.47 Å². The third-order valence-electron chi connectivity index (χ3n) is 3.22. The van der Waals surface area contributed by atoms with Crippen LogP contribution in [0.5, 0.6) is 5.75 Å². The van der Waals surface area contributed by atoms with E-state index in [0.717, 1.165) is 18.8 Å². The number of rotatable bonds is 4. The Hall–Kier alpha value is -0.540. The second-order valence-electron chi connectivity index (χ2n) is 4.58. The predicted octanol–water partition coefficient (Wildman–Crippen LogP) is 4.01. The van der Waals surface area contributed by atoms with Gasteiger partial charge in [-0.05, 0) is 32.3 Å². The fourth-order valence-electron chi connectivity index (χ4n) is 2.29. The van der Waals surface area contributed by atoms with Crippen molar-refractivity contribution in [3.05, 3.63) is 29.3 Å². The van der Waals surface area contributed by atoms with Gasteiger partial charge in [0.1, 0.15) is 5.75 Å². The summed E-state index contributed by atoms with van der Waals surface area (Å²) in [5.41, 5.74) is 2.49. The Kier molecular flexibility index (Phi) is 4.46. The first-order valence-electron chi connectivity index (χ1n) is 6.11. The lowest BCUT2D eigenvalue weighted by molar-refractivity contribution is 0.104. The van der Waals surface area contributed by atoms with Crippen molar-refractivity contribution >= 4 is 15.9 Å². The molecule has 0 radical (unpaired) electrons. The van der Waals surface area contributed by atoms with E-state index in [2.05, 4.69) is 35.0 Å². The molecule has 0 bridgehead atoms. The zero-order valence-corrected chi connectivity index (χ0v) is 12.0. The maximum atomic E-state index is 5.68. The van der Waals surface area contributed by atoms with Crippen LogP contribution in [0.1, 0.15) is 35.2 Å². The highest BCUT2D eigenvalue weighted by atomic mass is 79.9. The normalized spacial score (nSPS) is 21.5. The van der Waals surface area contributed by atoms with Crippen LogP contribution in [0, 0.1) is 6.92 Å². The molecule has 1 heterocycles. The molecule has 0 aliphatic carbocycles. The quantitative estimate of drug-likeness (QED) is 0.782. The second kappa shape index (κ2) is 5.87. The van der Waals surface area contributed by atoms with Gasteiger partial charge in [0.25, 0.3) is 0 Å². The number of hydrogen-bond acceptors (Lipinski definition) is 2. The van der Waals surface area contributed by atoms with Gasteiger partial charge in [0, 0.05) is 17.0 Å². The lowest BCUT2D eigenvalue weighted by atomic mass is 10.0. The average molecular weight is 299 g/mol. The molecule has 1 fully saturated rings. The van der Waals surface area contributed by atoms with Gasteiger partial charge in [-0.25, -0.2) is 0 Å². The largest absolute Gasteiger partial charge is 0.496 e. The molecule has 17 heavy (non-hydrogen) atoms. The third kappa shape index (κ3) is 3.23. The summed E-state index contributed by atoms with van der Waals surface area (Å²) in [6.45, 7) is 3.02. The van der Waals surface area contributed by atoms with E-state index >= 15 is 0 Å². The number of aryl methyl sites for hydroxylation is 1. The monoisotopic (exact) mass is 298 g/mol. The molecule has 1 aromatic carbocycles. The van der Waals surface area contributed by atoms with Gasteiger partial charge >= 0.3 is 0 Å². The molecule has 3 heteroatoms. The Morgan fingerprint density at radius 1 is 1.53 bits per heavy atom. The first-order valence-corrected chi connectivity index (χ1v) is 7.02. The number of halogens is 1. The highest BCUT2D eigenvalue weighted by Gasteiger charge is 2.22. The van der Waals surface area contributed by atoms with Gasteiger partial charge in [-0.1, -0.05) is 33.6 Å². The first-order chi connectivity index (χ1) is 8.20. The molecule has 0 N–H and O–H groups in total.